The number of rotatable bonds is 2. The van der Waals surface area contributed by atoms with Crippen LogP contribution in [0.25, 0.3) is 0 Å². The van der Waals surface area contributed by atoms with Crippen molar-refractivity contribution in [2.75, 3.05) is 13.1 Å². The highest BCUT2D eigenvalue weighted by atomic mass is 16.2. The van der Waals surface area contributed by atoms with Crippen LogP contribution in [0.1, 0.15) is 74.1 Å². The van der Waals surface area contributed by atoms with Gasteiger partial charge in [0.2, 0.25) is 5.91 Å². The van der Waals surface area contributed by atoms with Gasteiger partial charge in [-0.05, 0) is 73.8 Å². The molecule has 2 rings (SSSR count). The maximum Gasteiger partial charge on any atom is 0.219 e. The number of nitrogens with zero attached hydrogens (tertiary/aromatic N) is 1. The van der Waals surface area contributed by atoms with Crippen LogP contribution in [0.15, 0.2) is 0 Å². The zero-order valence-corrected chi connectivity index (χ0v) is 18.1. The van der Waals surface area contributed by atoms with Gasteiger partial charge in [0.1, 0.15) is 17.3 Å². The van der Waals surface area contributed by atoms with Crippen LogP contribution in [-0.4, -0.2) is 53.3 Å². The molecule has 2 aliphatic heterocycles. The Morgan fingerprint density at radius 1 is 0.815 bits per heavy atom. The number of nitrogens with one attached hydrogen (secondary N) is 1. The molecule has 6 heteroatoms. The van der Waals surface area contributed by atoms with Gasteiger partial charge in [0.05, 0.1) is 0 Å². The number of piperidine rings is 2. The lowest BCUT2D eigenvalue weighted by atomic mass is 9.87. The Kier molecular flexibility index (Phi) is 12.0. The predicted octanol–water partition coefficient (Wildman–Crippen LogP) is 2.78. The second-order valence-corrected chi connectivity index (χ2v) is 7.82. The fourth-order valence-electron chi connectivity index (χ4n) is 3.73. The summed E-state index contributed by atoms with van der Waals surface area (Å²) in [6.07, 6.45) is 4.10. The fourth-order valence-corrected chi connectivity index (χ4v) is 3.73. The van der Waals surface area contributed by atoms with Gasteiger partial charge < -0.3 is 15.0 Å². The minimum absolute atomic E-state index is 0.0534. The van der Waals surface area contributed by atoms with Crippen LogP contribution in [-0.2, 0) is 19.2 Å². The molecule has 0 aromatic heterocycles. The first kappa shape index (κ1) is 25.4. The maximum absolute atomic E-state index is 11.2. The summed E-state index contributed by atoms with van der Waals surface area (Å²) in [4.78, 5) is 44.6. The van der Waals surface area contributed by atoms with Crippen LogP contribution in [0.3, 0.4) is 0 Å². The molecule has 4 atom stereocenters. The molecular weight excluding hydrogens is 344 g/mol. The van der Waals surface area contributed by atoms with Gasteiger partial charge in [-0.1, -0.05) is 0 Å². The van der Waals surface area contributed by atoms with Gasteiger partial charge in [-0.3, -0.25) is 14.4 Å². The molecule has 6 nitrogen and oxygen atoms in total. The number of hydrogen-bond donors (Lipinski definition) is 1. The Morgan fingerprint density at radius 2 is 1.30 bits per heavy atom. The van der Waals surface area contributed by atoms with E-state index in [0.29, 0.717) is 11.8 Å². The second kappa shape index (κ2) is 12.8. The molecule has 2 aliphatic rings. The van der Waals surface area contributed by atoms with Gasteiger partial charge in [0, 0.05) is 37.4 Å². The lowest BCUT2D eigenvalue weighted by Gasteiger charge is -2.37. The maximum atomic E-state index is 11.2. The van der Waals surface area contributed by atoms with Crippen molar-refractivity contribution in [3.05, 3.63) is 0 Å². The first-order valence-corrected chi connectivity index (χ1v) is 9.97. The van der Waals surface area contributed by atoms with Crippen molar-refractivity contribution < 1.29 is 19.2 Å². The van der Waals surface area contributed by atoms with Gasteiger partial charge in [-0.15, -0.1) is 0 Å². The van der Waals surface area contributed by atoms with E-state index in [0.717, 1.165) is 38.8 Å². The van der Waals surface area contributed by atoms with E-state index in [-0.39, 0.29) is 35.4 Å². The Labute approximate surface area is 164 Å². The molecule has 2 heterocycles. The van der Waals surface area contributed by atoms with Gasteiger partial charge >= 0.3 is 0 Å². The number of carbonyl (C=O) groups excluding carboxylic acids is 4. The van der Waals surface area contributed by atoms with E-state index in [1.165, 1.54) is 13.8 Å². The second-order valence-electron chi connectivity index (χ2n) is 7.82. The number of carbonyl (C=O) groups is 4. The van der Waals surface area contributed by atoms with Crippen molar-refractivity contribution in [3.63, 3.8) is 0 Å². The van der Waals surface area contributed by atoms with E-state index >= 15 is 0 Å². The summed E-state index contributed by atoms with van der Waals surface area (Å²) in [6, 6.07) is 0.481. The number of likely N-dealkylation sites (tertiary alicyclic amines) is 1. The highest BCUT2D eigenvalue weighted by molar-refractivity contribution is 5.81. The van der Waals surface area contributed by atoms with Gasteiger partial charge in [-0.2, -0.15) is 0 Å². The van der Waals surface area contributed by atoms with Crippen molar-refractivity contribution in [1.82, 2.24) is 10.2 Å². The zero-order valence-electron chi connectivity index (χ0n) is 18.1. The molecular formula is C21H38N2O4. The monoisotopic (exact) mass is 382 g/mol. The average Bonchev–Trinajstić information content (AvgIpc) is 2.54. The summed E-state index contributed by atoms with van der Waals surface area (Å²) in [5, 5.41) is 3.29. The Morgan fingerprint density at radius 3 is 1.67 bits per heavy atom. The van der Waals surface area contributed by atoms with Crippen LogP contribution in [0.5, 0.6) is 0 Å². The van der Waals surface area contributed by atoms with E-state index in [4.69, 9.17) is 0 Å². The molecule has 156 valence electrons. The van der Waals surface area contributed by atoms with Crippen LogP contribution in [0, 0.1) is 11.8 Å². The standard InChI is InChI=1S/C10H17NO2.C8H15NO.C3H6O/c1-7-10(8(2)12)5-4-6-11(7)9(3)13;1-6-8(7(2)10)4-3-5-9-6;1-3(2)4/h7,10H,4-6H2,1-3H3;6,8-9H,3-5H2,1-2H3;1-2H3/t7-,10?;6-,8?;/m00./s1. The number of ketones is 3. The minimum atomic E-state index is 0.0534. The highest BCUT2D eigenvalue weighted by Gasteiger charge is 2.31. The molecule has 0 bridgehead atoms. The molecule has 2 fully saturated rings. The van der Waals surface area contributed by atoms with E-state index < -0.39 is 0 Å². The smallest absolute Gasteiger partial charge is 0.219 e. The topological polar surface area (TPSA) is 83.6 Å². The number of hydrogen-bond acceptors (Lipinski definition) is 5. The summed E-state index contributed by atoms with van der Waals surface area (Å²) < 4.78 is 0. The molecule has 2 saturated heterocycles. The van der Waals surface area contributed by atoms with Crippen molar-refractivity contribution >= 4 is 23.3 Å². The van der Waals surface area contributed by atoms with Crippen molar-refractivity contribution in [2.45, 2.75) is 86.2 Å². The molecule has 27 heavy (non-hydrogen) atoms. The lowest BCUT2D eigenvalue weighted by Crippen LogP contribution is -2.47. The quantitative estimate of drug-likeness (QED) is 0.794. The van der Waals surface area contributed by atoms with Gasteiger partial charge in [-0.25, -0.2) is 0 Å². The van der Waals surface area contributed by atoms with Crippen molar-refractivity contribution in [2.24, 2.45) is 11.8 Å². The largest absolute Gasteiger partial charge is 0.340 e. The minimum Gasteiger partial charge on any atom is -0.340 e. The van der Waals surface area contributed by atoms with Crippen LogP contribution >= 0.6 is 0 Å². The summed E-state index contributed by atoms with van der Waals surface area (Å²) in [5.74, 6) is 1.11. The van der Waals surface area contributed by atoms with Gasteiger partial charge in [0.25, 0.3) is 0 Å². The molecule has 0 aliphatic carbocycles. The molecule has 0 aromatic rings. The van der Waals surface area contributed by atoms with Crippen LogP contribution in [0.4, 0.5) is 0 Å². The van der Waals surface area contributed by atoms with Crippen LogP contribution in [0.2, 0.25) is 0 Å². The Balaban J connectivity index is 0.000000428. The third-order valence-corrected chi connectivity index (χ3v) is 5.20. The number of amides is 1. The van der Waals surface area contributed by atoms with Crippen molar-refractivity contribution in [3.8, 4) is 0 Å². The van der Waals surface area contributed by atoms with E-state index in [1.807, 2.05) is 6.92 Å². The van der Waals surface area contributed by atoms with E-state index in [1.54, 1.807) is 25.7 Å². The summed E-state index contributed by atoms with van der Waals surface area (Å²) in [7, 11) is 0. The third-order valence-electron chi connectivity index (χ3n) is 5.20. The molecule has 0 saturated carbocycles. The molecule has 0 spiro atoms. The number of Topliss-reactive ketones (excluding diaryl/α,β-unsaturated/α-hetero) is 3. The summed E-state index contributed by atoms with van der Waals surface area (Å²) in [5.41, 5.74) is 0. The molecule has 0 radical (unpaired) electrons. The van der Waals surface area contributed by atoms with Crippen LogP contribution < -0.4 is 5.32 Å². The molecule has 0 aromatic carbocycles. The summed E-state index contributed by atoms with van der Waals surface area (Å²) >= 11 is 0. The highest BCUT2D eigenvalue weighted by Crippen LogP contribution is 2.24. The predicted molar refractivity (Wildman–Crippen MR) is 107 cm³/mol. The third kappa shape index (κ3) is 9.80. The van der Waals surface area contributed by atoms with E-state index in [2.05, 4.69) is 12.2 Å². The summed E-state index contributed by atoms with van der Waals surface area (Å²) in [6.45, 7) is 13.9. The lowest BCUT2D eigenvalue weighted by molar-refractivity contribution is -0.136. The SMILES string of the molecule is CC(=O)C1CCCN(C(C)=O)[C@H]1C.CC(=O)C1CCCN[C@H]1C.CC(C)=O. The van der Waals surface area contributed by atoms with Crippen molar-refractivity contribution in [1.29, 1.82) is 0 Å². The first-order valence-electron chi connectivity index (χ1n) is 9.97. The van der Waals surface area contributed by atoms with Gasteiger partial charge in [0.15, 0.2) is 0 Å². The average molecular weight is 383 g/mol. The molecule has 1 N–H and O–H groups in total. The molecule has 1 amide bonds. The van der Waals surface area contributed by atoms with E-state index in [9.17, 15) is 19.2 Å². The fraction of sp³-hybridized carbons (Fsp3) is 0.810. The molecule has 2 unspecified atom stereocenters. The zero-order chi connectivity index (χ0) is 21.1. The normalized spacial score (nSPS) is 27.3. The first-order chi connectivity index (χ1) is 12.5. The Hall–Kier alpha value is -1.56. The Bertz CT molecular complexity index is 492.